The third-order valence-electron chi connectivity index (χ3n) is 1.81. The zero-order chi connectivity index (χ0) is 11.3. The van der Waals surface area contributed by atoms with Crippen molar-refractivity contribution in [1.82, 2.24) is 0 Å². The highest BCUT2D eigenvalue weighted by molar-refractivity contribution is 9.10. The van der Waals surface area contributed by atoms with Gasteiger partial charge in [0.05, 0.1) is 0 Å². The molecule has 0 fully saturated rings. The summed E-state index contributed by atoms with van der Waals surface area (Å²) in [5, 5.41) is 2.68. The zero-order valence-corrected chi connectivity index (χ0v) is 9.57. The van der Waals surface area contributed by atoms with E-state index in [1.807, 2.05) is 0 Å². The second-order valence-corrected chi connectivity index (χ2v) is 3.89. The van der Waals surface area contributed by atoms with Crippen LogP contribution in [0.1, 0.15) is 12.8 Å². The molecule has 0 aromatic heterocycles. The topological polar surface area (TPSA) is 12.0 Å². The molecule has 0 aliphatic carbocycles. The Morgan fingerprint density at radius 2 is 1.93 bits per heavy atom. The van der Waals surface area contributed by atoms with Crippen molar-refractivity contribution in [2.75, 3.05) is 11.9 Å². The van der Waals surface area contributed by atoms with E-state index in [2.05, 4.69) is 27.2 Å². The molecule has 0 atom stereocenters. The molecular weight excluding hydrogens is 264 g/mol. The van der Waals surface area contributed by atoms with Crippen LogP contribution >= 0.6 is 15.9 Å². The molecule has 0 aliphatic heterocycles. The minimum absolute atomic E-state index is 0.102. The van der Waals surface area contributed by atoms with Crippen LogP contribution in [0, 0.1) is 24.0 Å². The molecule has 4 heteroatoms. The van der Waals surface area contributed by atoms with E-state index < -0.39 is 11.6 Å². The first-order valence-corrected chi connectivity index (χ1v) is 5.26. The molecule has 0 saturated heterocycles. The highest BCUT2D eigenvalue weighted by atomic mass is 79.9. The van der Waals surface area contributed by atoms with E-state index in [0.29, 0.717) is 23.9 Å². The Morgan fingerprint density at radius 1 is 1.33 bits per heavy atom. The van der Waals surface area contributed by atoms with Gasteiger partial charge in [-0.25, -0.2) is 8.78 Å². The van der Waals surface area contributed by atoms with Crippen LogP contribution in [-0.2, 0) is 0 Å². The summed E-state index contributed by atoms with van der Waals surface area (Å²) >= 11 is 3.01. The maximum Gasteiger partial charge on any atom is 0.150 e. The summed E-state index contributed by atoms with van der Waals surface area (Å²) in [6, 6.07) is 2.43. The van der Waals surface area contributed by atoms with Crippen molar-refractivity contribution in [3.63, 3.8) is 0 Å². The molecule has 1 aromatic rings. The van der Waals surface area contributed by atoms with Crippen LogP contribution in [0.4, 0.5) is 14.5 Å². The SMILES string of the molecule is C#CCCCNc1c(F)cc(Br)cc1F. The van der Waals surface area contributed by atoms with Gasteiger partial charge >= 0.3 is 0 Å². The van der Waals surface area contributed by atoms with Crippen LogP contribution in [0.5, 0.6) is 0 Å². The molecule has 0 aliphatic rings. The molecule has 0 saturated carbocycles. The van der Waals surface area contributed by atoms with Gasteiger partial charge < -0.3 is 5.32 Å². The van der Waals surface area contributed by atoms with Gasteiger partial charge in [-0.15, -0.1) is 12.3 Å². The lowest BCUT2D eigenvalue weighted by molar-refractivity contribution is 0.586. The standard InChI is InChI=1S/C11H10BrF2N/c1-2-3-4-5-15-11-9(13)6-8(12)7-10(11)14/h1,6-7,15H,3-5H2. The Hall–Kier alpha value is -1.08. The van der Waals surface area contributed by atoms with Gasteiger partial charge in [-0.3, -0.25) is 0 Å². The van der Waals surface area contributed by atoms with Crippen LogP contribution in [0.25, 0.3) is 0 Å². The molecule has 0 heterocycles. The van der Waals surface area contributed by atoms with Crippen molar-refractivity contribution in [3.05, 3.63) is 28.2 Å². The number of hydrogen-bond acceptors (Lipinski definition) is 1. The summed E-state index contributed by atoms with van der Waals surface area (Å²) in [5.41, 5.74) is -0.102. The molecular formula is C11H10BrF2N. The summed E-state index contributed by atoms with van der Waals surface area (Å²) in [6.45, 7) is 0.458. The number of anilines is 1. The van der Waals surface area contributed by atoms with Gasteiger partial charge in [-0.1, -0.05) is 15.9 Å². The monoisotopic (exact) mass is 273 g/mol. The molecule has 0 bridgehead atoms. The molecule has 80 valence electrons. The number of terminal acetylenes is 1. The predicted octanol–water partition coefficient (Wildman–Crippen LogP) is 3.55. The Bertz CT molecular complexity index is 362. The van der Waals surface area contributed by atoms with Crippen molar-refractivity contribution in [3.8, 4) is 12.3 Å². The van der Waals surface area contributed by atoms with Gasteiger partial charge in [0.2, 0.25) is 0 Å². The molecule has 15 heavy (non-hydrogen) atoms. The third-order valence-corrected chi connectivity index (χ3v) is 2.26. The number of benzene rings is 1. The lowest BCUT2D eigenvalue weighted by atomic mass is 10.2. The number of unbranched alkanes of at least 4 members (excludes halogenated alkanes) is 1. The normalized spacial score (nSPS) is 9.73. The fourth-order valence-electron chi connectivity index (χ4n) is 1.11. The fourth-order valence-corrected chi connectivity index (χ4v) is 1.52. The van der Waals surface area contributed by atoms with E-state index in [9.17, 15) is 8.78 Å². The summed E-state index contributed by atoms with van der Waals surface area (Å²) < 4.78 is 26.9. The third kappa shape index (κ3) is 3.52. The minimum Gasteiger partial charge on any atom is -0.380 e. The maximum absolute atomic E-state index is 13.2. The van der Waals surface area contributed by atoms with Gasteiger partial charge in [0.25, 0.3) is 0 Å². The van der Waals surface area contributed by atoms with E-state index in [-0.39, 0.29) is 5.69 Å². The van der Waals surface area contributed by atoms with Gasteiger partial charge in [-0.2, -0.15) is 0 Å². The Kier molecular flexibility index (Phi) is 4.57. The van der Waals surface area contributed by atoms with Crippen LogP contribution in [0.15, 0.2) is 16.6 Å². The summed E-state index contributed by atoms with van der Waals surface area (Å²) in [4.78, 5) is 0. The van der Waals surface area contributed by atoms with E-state index >= 15 is 0 Å². The molecule has 1 nitrogen and oxygen atoms in total. The molecule has 1 aromatic carbocycles. The molecule has 0 unspecified atom stereocenters. The van der Waals surface area contributed by atoms with E-state index in [0.717, 1.165) is 0 Å². The average molecular weight is 274 g/mol. The Labute approximate surface area is 96.0 Å². The van der Waals surface area contributed by atoms with Gasteiger partial charge in [0, 0.05) is 17.4 Å². The first-order valence-electron chi connectivity index (χ1n) is 4.47. The number of rotatable bonds is 4. The van der Waals surface area contributed by atoms with Gasteiger partial charge in [-0.05, 0) is 18.6 Å². The molecule has 0 spiro atoms. The molecule has 0 radical (unpaired) electrons. The van der Waals surface area contributed by atoms with Crippen molar-refractivity contribution in [2.24, 2.45) is 0 Å². The van der Waals surface area contributed by atoms with E-state index in [1.165, 1.54) is 12.1 Å². The molecule has 1 N–H and O–H groups in total. The smallest absolute Gasteiger partial charge is 0.150 e. The van der Waals surface area contributed by atoms with Crippen LogP contribution in [0.3, 0.4) is 0 Å². The zero-order valence-electron chi connectivity index (χ0n) is 7.99. The summed E-state index contributed by atoms with van der Waals surface area (Å²) in [5.74, 6) is 1.24. The quantitative estimate of drug-likeness (QED) is 0.654. The fraction of sp³-hybridized carbons (Fsp3) is 0.273. The lowest BCUT2D eigenvalue weighted by Gasteiger charge is -2.08. The minimum atomic E-state index is -0.609. The summed E-state index contributed by atoms with van der Waals surface area (Å²) in [6.07, 6.45) is 6.33. The van der Waals surface area contributed by atoms with Crippen LogP contribution < -0.4 is 5.32 Å². The van der Waals surface area contributed by atoms with E-state index in [1.54, 1.807) is 0 Å². The molecule has 0 amide bonds. The molecule has 1 rings (SSSR count). The first kappa shape index (κ1) is 12.0. The first-order chi connectivity index (χ1) is 7.15. The Balaban J connectivity index is 2.65. The largest absolute Gasteiger partial charge is 0.380 e. The summed E-state index contributed by atoms with van der Waals surface area (Å²) in [7, 11) is 0. The van der Waals surface area contributed by atoms with Crippen LogP contribution in [-0.4, -0.2) is 6.54 Å². The van der Waals surface area contributed by atoms with Crippen molar-refractivity contribution in [1.29, 1.82) is 0 Å². The van der Waals surface area contributed by atoms with Crippen LogP contribution in [0.2, 0.25) is 0 Å². The van der Waals surface area contributed by atoms with E-state index in [4.69, 9.17) is 6.42 Å². The van der Waals surface area contributed by atoms with Gasteiger partial charge in [0.1, 0.15) is 17.3 Å². The second kappa shape index (κ2) is 5.72. The highest BCUT2D eigenvalue weighted by Crippen LogP contribution is 2.23. The maximum atomic E-state index is 13.2. The van der Waals surface area contributed by atoms with Gasteiger partial charge in [0.15, 0.2) is 0 Å². The second-order valence-electron chi connectivity index (χ2n) is 2.98. The number of halogens is 3. The number of hydrogen-bond donors (Lipinski definition) is 1. The highest BCUT2D eigenvalue weighted by Gasteiger charge is 2.09. The van der Waals surface area contributed by atoms with Crippen molar-refractivity contribution in [2.45, 2.75) is 12.8 Å². The number of nitrogens with one attached hydrogen (secondary N) is 1. The Morgan fingerprint density at radius 3 is 2.47 bits per heavy atom. The predicted molar refractivity (Wildman–Crippen MR) is 60.6 cm³/mol. The average Bonchev–Trinajstić information content (AvgIpc) is 2.15. The van der Waals surface area contributed by atoms with Crippen molar-refractivity contribution < 1.29 is 8.78 Å². The lowest BCUT2D eigenvalue weighted by Crippen LogP contribution is -2.05. The van der Waals surface area contributed by atoms with Crippen molar-refractivity contribution >= 4 is 21.6 Å².